The third-order valence-electron chi connectivity index (χ3n) is 3.54. The first kappa shape index (κ1) is 13.4. The van der Waals surface area contributed by atoms with E-state index in [9.17, 15) is 4.79 Å². The Kier molecular flexibility index (Phi) is 4.64. The minimum absolute atomic E-state index is 0.243. The van der Waals surface area contributed by atoms with Crippen molar-refractivity contribution in [3.8, 4) is 0 Å². The first-order chi connectivity index (χ1) is 8.68. The van der Waals surface area contributed by atoms with Crippen LogP contribution in [0.5, 0.6) is 0 Å². The highest BCUT2D eigenvalue weighted by Gasteiger charge is 2.14. The second-order valence-electron chi connectivity index (χ2n) is 4.99. The van der Waals surface area contributed by atoms with E-state index < -0.39 is 0 Å². The van der Waals surface area contributed by atoms with Crippen LogP contribution in [0.2, 0.25) is 5.02 Å². The van der Waals surface area contributed by atoms with Gasteiger partial charge in [-0.25, -0.2) is 4.68 Å². The fourth-order valence-electron chi connectivity index (χ4n) is 2.43. The molecule has 1 aromatic rings. The molecule has 0 aliphatic heterocycles. The Bertz CT molecular complexity index is 450. The van der Waals surface area contributed by atoms with Crippen LogP contribution in [0.3, 0.4) is 0 Å². The van der Waals surface area contributed by atoms with Gasteiger partial charge in [-0.05, 0) is 12.8 Å². The van der Waals surface area contributed by atoms with E-state index in [1.165, 1.54) is 36.8 Å². The van der Waals surface area contributed by atoms with E-state index in [4.69, 9.17) is 11.6 Å². The molecule has 1 aromatic heterocycles. The van der Waals surface area contributed by atoms with Gasteiger partial charge in [-0.2, -0.15) is 5.10 Å². The maximum absolute atomic E-state index is 11.7. The molecule has 5 heteroatoms. The zero-order valence-corrected chi connectivity index (χ0v) is 11.5. The third kappa shape index (κ3) is 3.25. The molecule has 0 unspecified atom stereocenters. The van der Waals surface area contributed by atoms with E-state index in [-0.39, 0.29) is 10.6 Å². The van der Waals surface area contributed by atoms with Crippen molar-refractivity contribution in [2.24, 2.45) is 7.05 Å². The van der Waals surface area contributed by atoms with Gasteiger partial charge in [0, 0.05) is 13.1 Å². The van der Waals surface area contributed by atoms with Crippen LogP contribution in [0.1, 0.15) is 44.9 Å². The number of aryl methyl sites for hydroxylation is 1. The number of nitrogens with zero attached hydrogens (tertiary/aromatic N) is 2. The highest BCUT2D eigenvalue weighted by atomic mass is 35.5. The van der Waals surface area contributed by atoms with Gasteiger partial charge in [-0.1, -0.05) is 43.7 Å². The minimum atomic E-state index is -0.243. The highest BCUT2D eigenvalue weighted by Crippen LogP contribution is 2.23. The van der Waals surface area contributed by atoms with Crippen LogP contribution in [0.15, 0.2) is 11.0 Å². The van der Waals surface area contributed by atoms with Crippen molar-refractivity contribution >= 4 is 17.3 Å². The Morgan fingerprint density at radius 2 is 1.89 bits per heavy atom. The molecule has 1 aliphatic rings. The number of rotatable bonds is 2. The summed E-state index contributed by atoms with van der Waals surface area (Å²) in [6.45, 7) is 0. The lowest BCUT2D eigenvalue weighted by Crippen LogP contribution is -2.25. The van der Waals surface area contributed by atoms with E-state index in [2.05, 4.69) is 10.4 Å². The van der Waals surface area contributed by atoms with E-state index in [0.717, 1.165) is 12.8 Å². The van der Waals surface area contributed by atoms with Gasteiger partial charge in [0.2, 0.25) is 0 Å². The second kappa shape index (κ2) is 6.23. The Hall–Kier alpha value is -1.03. The number of anilines is 1. The predicted molar refractivity (Wildman–Crippen MR) is 74.2 cm³/mol. The van der Waals surface area contributed by atoms with E-state index in [1.54, 1.807) is 13.2 Å². The molecule has 18 heavy (non-hydrogen) atoms. The maximum atomic E-state index is 11.7. The van der Waals surface area contributed by atoms with Gasteiger partial charge in [0.15, 0.2) is 0 Å². The summed E-state index contributed by atoms with van der Waals surface area (Å²) in [4.78, 5) is 11.7. The molecule has 0 bridgehead atoms. The summed E-state index contributed by atoms with van der Waals surface area (Å²) in [6.07, 6.45) is 10.4. The zero-order chi connectivity index (χ0) is 13.0. The average molecular weight is 270 g/mol. The van der Waals surface area contributed by atoms with E-state index >= 15 is 0 Å². The molecule has 1 N–H and O–H groups in total. The topological polar surface area (TPSA) is 46.9 Å². The molecule has 1 saturated carbocycles. The molecule has 1 aliphatic carbocycles. The van der Waals surface area contributed by atoms with Crippen molar-refractivity contribution in [3.05, 3.63) is 21.6 Å². The van der Waals surface area contributed by atoms with Crippen molar-refractivity contribution in [2.75, 3.05) is 5.32 Å². The van der Waals surface area contributed by atoms with Gasteiger partial charge < -0.3 is 5.32 Å². The van der Waals surface area contributed by atoms with Crippen LogP contribution >= 0.6 is 11.6 Å². The number of aromatic nitrogens is 2. The molecule has 0 amide bonds. The van der Waals surface area contributed by atoms with E-state index in [0.29, 0.717) is 11.7 Å². The molecule has 0 spiro atoms. The number of hydrogen-bond acceptors (Lipinski definition) is 3. The molecule has 100 valence electrons. The van der Waals surface area contributed by atoms with Crippen LogP contribution in [0.25, 0.3) is 0 Å². The minimum Gasteiger partial charge on any atom is -0.380 e. The van der Waals surface area contributed by atoms with Gasteiger partial charge in [0.05, 0.1) is 11.9 Å². The molecule has 0 radical (unpaired) electrons. The Morgan fingerprint density at radius 1 is 1.28 bits per heavy atom. The van der Waals surface area contributed by atoms with Crippen molar-refractivity contribution in [2.45, 2.75) is 51.0 Å². The average Bonchev–Trinajstić information content (AvgIpc) is 2.32. The summed E-state index contributed by atoms with van der Waals surface area (Å²) >= 11 is 6.05. The van der Waals surface area contributed by atoms with Gasteiger partial charge in [-0.15, -0.1) is 0 Å². The summed E-state index contributed by atoms with van der Waals surface area (Å²) in [6, 6.07) is 0.414. The van der Waals surface area contributed by atoms with Gasteiger partial charge in [0.25, 0.3) is 5.56 Å². The van der Waals surface area contributed by atoms with Gasteiger partial charge in [-0.3, -0.25) is 4.79 Å². The van der Waals surface area contributed by atoms with Crippen LogP contribution in [-0.4, -0.2) is 15.8 Å². The monoisotopic (exact) mass is 269 g/mol. The fraction of sp³-hybridized carbons (Fsp3) is 0.692. The maximum Gasteiger partial charge on any atom is 0.287 e. The first-order valence-corrected chi connectivity index (χ1v) is 7.04. The summed E-state index contributed by atoms with van der Waals surface area (Å²) in [5, 5.41) is 7.63. The van der Waals surface area contributed by atoms with E-state index in [1.807, 2.05) is 0 Å². The third-order valence-corrected chi connectivity index (χ3v) is 3.91. The molecule has 4 nitrogen and oxygen atoms in total. The zero-order valence-electron chi connectivity index (χ0n) is 10.8. The lowest BCUT2D eigenvalue weighted by molar-refractivity contribution is 0.471. The lowest BCUT2D eigenvalue weighted by atomic mass is 9.96. The smallest absolute Gasteiger partial charge is 0.287 e. The lowest BCUT2D eigenvalue weighted by Gasteiger charge is -2.22. The Morgan fingerprint density at radius 3 is 2.56 bits per heavy atom. The van der Waals surface area contributed by atoms with Gasteiger partial charge in [0.1, 0.15) is 5.02 Å². The molecule has 0 atom stereocenters. The molecular formula is C13H20ClN3O. The number of nitrogens with one attached hydrogen (secondary N) is 1. The molecule has 2 rings (SSSR count). The van der Waals surface area contributed by atoms with Crippen molar-refractivity contribution < 1.29 is 0 Å². The summed E-state index contributed by atoms with van der Waals surface area (Å²) in [5.41, 5.74) is 0.429. The normalized spacial score (nSPS) is 18.1. The van der Waals surface area contributed by atoms with Crippen LogP contribution in [0, 0.1) is 0 Å². The molecular weight excluding hydrogens is 250 g/mol. The summed E-state index contributed by atoms with van der Waals surface area (Å²) in [7, 11) is 1.60. The molecule has 1 heterocycles. The van der Waals surface area contributed by atoms with Crippen LogP contribution < -0.4 is 10.9 Å². The highest BCUT2D eigenvalue weighted by molar-refractivity contribution is 6.32. The SMILES string of the molecule is Cn1ncc(NC2CCCCCCC2)c(Cl)c1=O. The first-order valence-electron chi connectivity index (χ1n) is 6.67. The standard InChI is InChI=1S/C13H20ClN3O/c1-17-13(18)12(14)11(9-15-17)16-10-7-5-3-2-4-6-8-10/h9-10,16H,2-8H2,1H3. The summed E-state index contributed by atoms with van der Waals surface area (Å²) < 4.78 is 1.26. The fourth-order valence-corrected chi connectivity index (χ4v) is 2.66. The molecule has 0 saturated heterocycles. The van der Waals surface area contributed by atoms with Gasteiger partial charge >= 0.3 is 0 Å². The van der Waals surface area contributed by atoms with Crippen molar-refractivity contribution in [1.29, 1.82) is 0 Å². The van der Waals surface area contributed by atoms with Crippen LogP contribution in [0.4, 0.5) is 5.69 Å². The van der Waals surface area contributed by atoms with Crippen LogP contribution in [-0.2, 0) is 7.05 Å². The summed E-state index contributed by atoms with van der Waals surface area (Å²) in [5.74, 6) is 0. The molecule has 0 aromatic carbocycles. The quantitative estimate of drug-likeness (QED) is 0.898. The number of halogens is 1. The van der Waals surface area contributed by atoms with Crippen molar-refractivity contribution in [3.63, 3.8) is 0 Å². The largest absolute Gasteiger partial charge is 0.380 e. The molecule has 1 fully saturated rings. The Labute approximate surface area is 112 Å². The Balaban J connectivity index is 2.08. The van der Waals surface area contributed by atoms with Crippen molar-refractivity contribution in [1.82, 2.24) is 9.78 Å². The second-order valence-corrected chi connectivity index (χ2v) is 5.37. The predicted octanol–water partition coefficient (Wildman–Crippen LogP) is 2.96. The number of hydrogen-bond donors (Lipinski definition) is 1.